The van der Waals surface area contributed by atoms with Gasteiger partial charge < -0.3 is 14.6 Å². The Hall–Kier alpha value is -2.66. The fourth-order valence-corrected chi connectivity index (χ4v) is 7.48. The summed E-state index contributed by atoms with van der Waals surface area (Å²) in [5.74, 6) is 0.911. The van der Waals surface area contributed by atoms with E-state index in [2.05, 4.69) is 27.8 Å². The van der Waals surface area contributed by atoms with Gasteiger partial charge in [0.15, 0.2) is 11.0 Å². The molecule has 1 aliphatic carbocycles. The van der Waals surface area contributed by atoms with Crippen LogP contribution < -0.4 is 5.32 Å². The van der Waals surface area contributed by atoms with Crippen molar-refractivity contribution in [1.29, 1.82) is 0 Å². The molecule has 3 heterocycles. The van der Waals surface area contributed by atoms with Crippen LogP contribution in [0.1, 0.15) is 34.1 Å². The van der Waals surface area contributed by atoms with Crippen LogP contribution in [0, 0.1) is 5.92 Å². The first-order valence-corrected chi connectivity index (χ1v) is 14.8. The average molecular weight is 573 g/mol. The highest BCUT2D eigenvalue weighted by molar-refractivity contribution is 7.99. The summed E-state index contributed by atoms with van der Waals surface area (Å²) in [5, 5.41) is 17.4. The second-order valence-corrected chi connectivity index (χ2v) is 12.2. The number of carbonyl (C=O) groups is 2. The molecule has 1 aliphatic rings. The number of halogens is 1. The molecule has 1 atom stereocenters. The molecule has 1 amide bonds. The maximum absolute atomic E-state index is 12.9. The van der Waals surface area contributed by atoms with Crippen molar-refractivity contribution in [3.63, 3.8) is 0 Å². The van der Waals surface area contributed by atoms with E-state index in [0.29, 0.717) is 32.2 Å². The zero-order chi connectivity index (χ0) is 26.1. The van der Waals surface area contributed by atoms with E-state index < -0.39 is 5.97 Å². The number of thiophene rings is 2. The number of rotatable bonds is 7. The van der Waals surface area contributed by atoms with Gasteiger partial charge in [-0.25, -0.2) is 4.79 Å². The Morgan fingerprint density at radius 3 is 2.70 bits per heavy atom. The SMILES string of the molecule is COC(=O)c1c(-c2ccc(Cl)cc2)csc1NC(=O)CSc1nnc(-c2csc3c2CCC(C)C3)n1C. The van der Waals surface area contributed by atoms with E-state index >= 15 is 0 Å². The smallest absolute Gasteiger partial charge is 0.341 e. The predicted molar refractivity (Wildman–Crippen MR) is 151 cm³/mol. The number of anilines is 1. The molecule has 11 heteroatoms. The van der Waals surface area contributed by atoms with Crippen molar-refractivity contribution in [1.82, 2.24) is 14.8 Å². The number of hydrogen-bond acceptors (Lipinski definition) is 8. The molecule has 0 spiro atoms. The zero-order valence-corrected chi connectivity index (χ0v) is 23.7. The van der Waals surface area contributed by atoms with Gasteiger partial charge in [-0.3, -0.25) is 4.79 Å². The van der Waals surface area contributed by atoms with Crippen LogP contribution >= 0.6 is 46.0 Å². The van der Waals surface area contributed by atoms with Crippen molar-refractivity contribution in [2.75, 3.05) is 18.2 Å². The van der Waals surface area contributed by atoms with Crippen LogP contribution in [0.25, 0.3) is 22.5 Å². The Morgan fingerprint density at radius 1 is 1.19 bits per heavy atom. The number of benzene rings is 1. The third-order valence-corrected chi connectivity index (χ3v) is 9.62. The fourth-order valence-electron chi connectivity index (χ4n) is 4.43. The minimum atomic E-state index is -0.513. The number of amides is 1. The molecule has 3 aromatic heterocycles. The molecule has 37 heavy (non-hydrogen) atoms. The van der Waals surface area contributed by atoms with Crippen molar-refractivity contribution in [2.24, 2.45) is 13.0 Å². The van der Waals surface area contributed by atoms with Crippen molar-refractivity contribution in [3.05, 3.63) is 56.1 Å². The minimum Gasteiger partial charge on any atom is -0.465 e. The maximum atomic E-state index is 12.9. The summed E-state index contributed by atoms with van der Waals surface area (Å²) in [6, 6.07) is 7.17. The van der Waals surface area contributed by atoms with Crippen LogP contribution in [0.3, 0.4) is 0 Å². The lowest BCUT2D eigenvalue weighted by Gasteiger charge is -2.18. The van der Waals surface area contributed by atoms with E-state index in [0.717, 1.165) is 29.8 Å². The summed E-state index contributed by atoms with van der Waals surface area (Å²) >= 11 is 10.4. The first-order chi connectivity index (χ1) is 17.9. The van der Waals surface area contributed by atoms with Crippen molar-refractivity contribution in [2.45, 2.75) is 31.3 Å². The lowest BCUT2D eigenvalue weighted by Crippen LogP contribution is -2.16. The van der Waals surface area contributed by atoms with Gasteiger partial charge in [0.2, 0.25) is 5.91 Å². The van der Waals surface area contributed by atoms with Crippen molar-refractivity contribution in [3.8, 4) is 22.5 Å². The monoisotopic (exact) mass is 572 g/mol. The van der Waals surface area contributed by atoms with E-state index in [-0.39, 0.29) is 11.7 Å². The number of nitrogens with zero attached hydrogens (tertiary/aromatic N) is 3. The van der Waals surface area contributed by atoms with Crippen LogP contribution in [0.15, 0.2) is 40.2 Å². The van der Waals surface area contributed by atoms with Gasteiger partial charge in [0.25, 0.3) is 0 Å². The number of thioether (sulfide) groups is 1. The molecule has 1 N–H and O–H groups in total. The van der Waals surface area contributed by atoms with E-state index in [1.807, 2.05) is 29.1 Å². The number of methoxy groups -OCH3 is 1. The number of aromatic nitrogens is 3. The molecule has 1 unspecified atom stereocenters. The van der Waals surface area contributed by atoms with E-state index in [9.17, 15) is 9.59 Å². The van der Waals surface area contributed by atoms with E-state index in [4.69, 9.17) is 16.3 Å². The maximum Gasteiger partial charge on any atom is 0.341 e. The third-order valence-electron chi connectivity index (χ3n) is 6.40. The Balaban J connectivity index is 1.29. The topological polar surface area (TPSA) is 86.1 Å². The third kappa shape index (κ3) is 5.34. The highest BCUT2D eigenvalue weighted by Crippen LogP contribution is 2.39. The summed E-state index contributed by atoms with van der Waals surface area (Å²) in [6.45, 7) is 2.30. The van der Waals surface area contributed by atoms with E-state index in [1.54, 1.807) is 23.5 Å². The highest BCUT2D eigenvalue weighted by Gasteiger charge is 2.25. The van der Waals surface area contributed by atoms with Gasteiger partial charge in [0.1, 0.15) is 10.6 Å². The van der Waals surface area contributed by atoms with Gasteiger partial charge in [-0.2, -0.15) is 0 Å². The van der Waals surface area contributed by atoms with Crippen molar-refractivity contribution >= 4 is 62.9 Å². The fraction of sp³-hybridized carbons (Fsp3) is 0.308. The summed E-state index contributed by atoms with van der Waals surface area (Å²) in [5.41, 5.74) is 4.35. The number of hydrogen-bond donors (Lipinski definition) is 1. The molecule has 0 aliphatic heterocycles. The van der Waals surface area contributed by atoms with Gasteiger partial charge in [0, 0.05) is 38.8 Å². The zero-order valence-electron chi connectivity index (χ0n) is 20.5. The highest BCUT2D eigenvalue weighted by atomic mass is 35.5. The number of ether oxygens (including phenoxy) is 1. The Kier molecular flexibility index (Phi) is 7.71. The molecule has 192 valence electrons. The van der Waals surface area contributed by atoms with Gasteiger partial charge in [-0.05, 0) is 48.4 Å². The molecule has 7 nitrogen and oxygen atoms in total. The summed E-state index contributed by atoms with van der Waals surface area (Å²) in [6.07, 6.45) is 3.37. The molecular weight excluding hydrogens is 548 g/mol. The lowest BCUT2D eigenvalue weighted by molar-refractivity contribution is -0.113. The number of fused-ring (bicyclic) bond motifs is 1. The Labute approximate surface area is 232 Å². The Morgan fingerprint density at radius 2 is 1.95 bits per heavy atom. The van der Waals surface area contributed by atoms with E-state index in [1.165, 1.54) is 47.1 Å². The molecule has 0 saturated carbocycles. The first-order valence-electron chi connectivity index (χ1n) is 11.7. The standard InChI is InChI=1S/C26H25ClN4O3S3/c1-14-4-9-17-19(12-35-20(17)10-14)23-29-30-26(31(23)2)37-13-21(32)28-24-22(25(33)34-3)18(11-36-24)15-5-7-16(27)8-6-15/h5-8,11-12,14H,4,9-10,13H2,1-3H3,(H,28,32). The van der Waals surface area contributed by atoms with Crippen LogP contribution in [-0.4, -0.2) is 39.5 Å². The normalized spacial score (nSPS) is 14.9. The summed E-state index contributed by atoms with van der Waals surface area (Å²) in [7, 11) is 3.25. The molecule has 0 bridgehead atoms. The summed E-state index contributed by atoms with van der Waals surface area (Å²) < 4.78 is 6.94. The number of nitrogens with one attached hydrogen (secondary N) is 1. The molecule has 0 saturated heterocycles. The Bertz CT molecular complexity index is 1460. The van der Waals surface area contributed by atoms with Crippen LogP contribution in [-0.2, 0) is 29.4 Å². The first kappa shape index (κ1) is 26.0. The van der Waals surface area contributed by atoms with Gasteiger partial charge in [0.05, 0.1) is 12.9 Å². The molecule has 0 fully saturated rings. The molecule has 4 aromatic rings. The lowest BCUT2D eigenvalue weighted by atomic mass is 9.88. The van der Waals surface area contributed by atoms with Gasteiger partial charge in [-0.1, -0.05) is 42.4 Å². The number of carbonyl (C=O) groups excluding carboxylic acids is 2. The second-order valence-electron chi connectivity index (χ2n) is 8.95. The van der Waals surface area contributed by atoms with Crippen LogP contribution in [0.4, 0.5) is 5.00 Å². The molecule has 0 radical (unpaired) electrons. The number of esters is 1. The largest absolute Gasteiger partial charge is 0.465 e. The minimum absolute atomic E-state index is 0.125. The average Bonchev–Trinajstić information content (AvgIpc) is 3.59. The van der Waals surface area contributed by atoms with Crippen LogP contribution in [0.2, 0.25) is 5.02 Å². The summed E-state index contributed by atoms with van der Waals surface area (Å²) in [4.78, 5) is 26.9. The predicted octanol–water partition coefficient (Wildman–Crippen LogP) is 6.57. The van der Waals surface area contributed by atoms with Crippen LogP contribution in [0.5, 0.6) is 0 Å². The second kappa shape index (κ2) is 11.0. The molecule has 1 aromatic carbocycles. The quantitative estimate of drug-likeness (QED) is 0.199. The van der Waals surface area contributed by atoms with Crippen molar-refractivity contribution < 1.29 is 14.3 Å². The molecular formula is C26H25ClN4O3S3. The molecule has 5 rings (SSSR count). The van der Waals surface area contributed by atoms with Gasteiger partial charge in [-0.15, -0.1) is 32.9 Å². The van der Waals surface area contributed by atoms with Gasteiger partial charge >= 0.3 is 5.97 Å².